The number of hydrogen-bond donors (Lipinski definition) is 3. The maximum atomic E-state index is 9.48. The van der Waals surface area contributed by atoms with Crippen molar-refractivity contribution >= 4 is 16.7 Å². The molecule has 0 aliphatic heterocycles. The van der Waals surface area contributed by atoms with Gasteiger partial charge in [-0.2, -0.15) is 0 Å². The minimum absolute atomic E-state index is 0.274. The molecule has 5 nitrogen and oxygen atoms in total. The molecule has 4 N–H and O–H groups in total. The lowest BCUT2D eigenvalue weighted by Gasteiger charge is -2.21. The topological polar surface area (TPSA) is 78.2 Å². The fourth-order valence-electron chi connectivity index (χ4n) is 1.66. The molecule has 1 aromatic carbocycles. The fourth-order valence-corrected chi connectivity index (χ4v) is 1.66. The van der Waals surface area contributed by atoms with Crippen LogP contribution in [-0.4, -0.2) is 41.3 Å². The van der Waals surface area contributed by atoms with Gasteiger partial charge in [-0.25, -0.2) is 4.98 Å². The summed E-state index contributed by atoms with van der Waals surface area (Å²) in [6.45, 7) is 0.798. The maximum Gasteiger partial charge on any atom is 0.0931 e. The van der Waals surface area contributed by atoms with Crippen LogP contribution < -0.4 is 10.6 Å². The van der Waals surface area contributed by atoms with E-state index in [9.17, 15) is 5.11 Å². The zero-order chi connectivity index (χ0) is 11.5. The highest BCUT2D eigenvalue weighted by Crippen LogP contribution is 2.18. The largest absolute Gasteiger partial charge is 0.390 e. The molecule has 86 valence electrons. The van der Waals surface area contributed by atoms with Crippen LogP contribution >= 0.6 is 0 Å². The van der Waals surface area contributed by atoms with Crippen LogP contribution in [0.2, 0.25) is 0 Å². The van der Waals surface area contributed by atoms with Crippen LogP contribution in [0, 0.1) is 0 Å². The molecule has 1 atom stereocenters. The summed E-state index contributed by atoms with van der Waals surface area (Å²) in [5.41, 5.74) is 8.34. The van der Waals surface area contributed by atoms with Crippen molar-refractivity contribution in [3.8, 4) is 0 Å². The molecule has 0 spiro atoms. The Kier molecular flexibility index (Phi) is 3.07. The molecule has 2 rings (SSSR count). The van der Waals surface area contributed by atoms with Gasteiger partial charge < -0.3 is 20.7 Å². The van der Waals surface area contributed by atoms with Crippen molar-refractivity contribution in [3.63, 3.8) is 0 Å². The second kappa shape index (κ2) is 4.51. The van der Waals surface area contributed by atoms with Crippen molar-refractivity contribution in [3.05, 3.63) is 24.5 Å². The molecule has 2 aromatic rings. The lowest BCUT2D eigenvalue weighted by atomic mass is 10.2. The van der Waals surface area contributed by atoms with Gasteiger partial charge in [0.2, 0.25) is 0 Å². The van der Waals surface area contributed by atoms with E-state index < -0.39 is 6.10 Å². The number of H-pyrrole nitrogens is 1. The van der Waals surface area contributed by atoms with Crippen molar-refractivity contribution in [2.24, 2.45) is 5.73 Å². The fraction of sp³-hybridized carbons (Fsp3) is 0.364. The van der Waals surface area contributed by atoms with E-state index in [1.165, 1.54) is 0 Å². The second-order valence-electron chi connectivity index (χ2n) is 3.87. The summed E-state index contributed by atoms with van der Waals surface area (Å²) in [4.78, 5) is 9.18. The molecule has 16 heavy (non-hydrogen) atoms. The van der Waals surface area contributed by atoms with E-state index in [-0.39, 0.29) is 6.54 Å². The Hall–Kier alpha value is -1.59. The molecule has 0 bridgehead atoms. The van der Waals surface area contributed by atoms with E-state index in [0.717, 1.165) is 16.7 Å². The summed E-state index contributed by atoms with van der Waals surface area (Å²) in [7, 11) is 1.93. The van der Waals surface area contributed by atoms with Crippen LogP contribution in [-0.2, 0) is 0 Å². The summed E-state index contributed by atoms with van der Waals surface area (Å²) in [5.74, 6) is 0. The van der Waals surface area contributed by atoms with Crippen molar-refractivity contribution in [2.75, 3.05) is 25.0 Å². The quantitative estimate of drug-likeness (QED) is 0.693. The first kappa shape index (κ1) is 10.9. The van der Waals surface area contributed by atoms with Crippen LogP contribution in [0.3, 0.4) is 0 Å². The molecule has 0 saturated carbocycles. The number of hydrogen-bond acceptors (Lipinski definition) is 4. The minimum atomic E-state index is -0.498. The molecular formula is C11H16N4O. The van der Waals surface area contributed by atoms with Gasteiger partial charge in [0.1, 0.15) is 0 Å². The van der Waals surface area contributed by atoms with Gasteiger partial charge in [0, 0.05) is 25.8 Å². The molecule has 0 aliphatic rings. The number of aromatic nitrogens is 2. The standard InChI is InChI=1S/C11H16N4O/c1-15(6-9(16)5-12)8-2-3-10-11(4-8)14-7-13-10/h2-4,7,9,16H,5-6,12H2,1H3,(H,13,14). The van der Waals surface area contributed by atoms with E-state index in [1.807, 2.05) is 30.1 Å². The highest BCUT2D eigenvalue weighted by atomic mass is 16.3. The normalized spacial score (nSPS) is 12.9. The number of benzene rings is 1. The predicted molar refractivity (Wildman–Crippen MR) is 64.4 cm³/mol. The molecule has 0 radical (unpaired) electrons. The van der Waals surface area contributed by atoms with Gasteiger partial charge in [0.05, 0.1) is 23.5 Å². The number of nitrogens with one attached hydrogen (secondary N) is 1. The third kappa shape index (κ3) is 2.15. The third-order valence-corrected chi connectivity index (χ3v) is 2.60. The zero-order valence-corrected chi connectivity index (χ0v) is 9.22. The van der Waals surface area contributed by atoms with Gasteiger partial charge in [0.25, 0.3) is 0 Å². The minimum Gasteiger partial charge on any atom is -0.390 e. The SMILES string of the molecule is CN(CC(O)CN)c1ccc2nc[nH]c2c1. The Morgan fingerprint density at radius 3 is 3.12 bits per heavy atom. The first-order valence-electron chi connectivity index (χ1n) is 5.23. The number of aromatic amines is 1. The monoisotopic (exact) mass is 220 g/mol. The van der Waals surface area contributed by atoms with Crippen molar-refractivity contribution in [1.82, 2.24) is 9.97 Å². The Morgan fingerprint density at radius 1 is 1.56 bits per heavy atom. The van der Waals surface area contributed by atoms with Crippen molar-refractivity contribution < 1.29 is 5.11 Å². The molecule has 1 aromatic heterocycles. The lowest BCUT2D eigenvalue weighted by molar-refractivity contribution is 0.189. The van der Waals surface area contributed by atoms with E-state index in [4.69, 9.17) is 5.73 Å². The summed E-state index contributed by atoms with van der Waals surface area (Å²) < 4.78 is 0. The molecule has 0 saturated heterocycles. The maximum absolute atomic E-state index is 9.48. The Balaban J connectivity index is 2.18. The van der Waals surface area contributed by atoms with Gasteiger partial charge in [0.15, 0.2) is 0 Å². The zero-order valence-electron chi connectivity index (χ0n) is 9.22. The van der Waals surface area contributed by atoms with Crippen LogP contribution in [0.5, 0.6) is 0 Å². The first-order valence-corrected chi connectivity index (χ1v) is 5.23. The average Bonchev–Trinajstić information content (AvgIpc) is 2.75. The van der Waals surface area contributed by atoms with Crippen LogP contribution in [0.25, 0.3) is 11.0 Å². The summed E-state index contributed by atoms with van der Waals surface area (Å²) in [5, 5.41) is 9.48. The van der Waals surface area contributed by atoms with Crippen LogP contribution in [0.15, 0.2) is 24.5 Å². The van der Waals surface area contributed by atoms with Crippen LogP contribution in [0.4, 0.5) is 5.69 Å². The molecule has 1 unspecified atom stereocenters. The van der Waals surface area contributed by atoms with Gasteiger partial charge in [-0.15, -0.1) is 0 Å². The number of likely N-dealkylation sites (N-methyl/N-ethyl adjacent to an activating group) is 1. The Morgan fingerprint density at radius 2 is 2.38 bits per heavy atom. The highest BCUT2D eigenvalue weighted by molar-refractivity contribution is 5.78. The van der Waals surface area contributed by atoms with Crippen molar-refractivity contribution in [2.45, 2.75) is 6.10 Å². The highest BCUT2D eigenvalue weighted by Gasteiger charge is 2.08. The van der Waals surface area contributed by atoms with Gasteiger partial charge >= 0.3 is 0 Å². The smallest absolute Gasteiger partial charge is 0.0931 e. The average molecular weight is 220 g/mol. The molecule has 0 amide bonds. The molecule has 1 heterocycles. The predicted octanol–water partition coefficient (Wildman–Crippen LogP) is 0.319. The van der Waals surface area contributed by atoms with E-state index >= 15 is 0 Å². The number of aliphatic hydroxyl groups is 1. The summed E-state index contributed by atoms with van der Waals surface area (Å²) in [6, 6.07) is 5.93. The van der Waals surface area contributed by atoms with E-state index in [1.54, 1.807) is 6.33 Å². The van der Waals surface area contributed by atoms with Crippen molar-refractivity contribution in [1.29, 1.82) is 0 Å². The second-order valence-corrected chi connectivity index (χ2v) is 3.87. The molecule has 0 aliphatic carbocycles. The number of imidazole rings is 1. The van der Waals surface area contributed by atoms with Gasteiger partial charge in [-0.1, -0.05) is 0 Å². The Bertz CT molecular complexity index is 468. The molecule has 0 fully saturated rings. The van der Waals surface area contributed by atoms with E-state index in [2.05, 4.69) is 9.97 Å². The lowest BCUT2D eigenvalue weighted by Crippen LogP contribution is -2.34. The van der Waals surface area contributed by atoms with Gasteiger partial charge in [-0.3, -0.25) is 0 Å². The Labute approximate surface area is 93.9 Å². The number of nitrogens with zero attached hydrogens (tertiary/aromatic N) is 2. The van der Waals surface area contributed by atoms with Crippen LogP contribution in [0.1, 0.15) is 0 Å². The third-order valence-electron chi connectivity index (χ3n) is 2.60. The number of rotatable bonds is 4. The number of nitrogens with two attached hydrogens (primary N) is 1. The first-order chi connectivity index (χ1) is 7.70. The summed E-state index contributed by atoms with van der Waals surface area (Å²) >= 11 is 0. The molecular weight excluding hydrogens is 204 g/mol. The number of fused-ring (bicyclic) bond motifs is 1. The van der Waals surface area contributed by atoms with E-state index in [0.29, 0.717) is 6.54 Å². The number of anilines is 1. The summed E-state index contributed by atoms with van der Waals surface area (Å²) in [6.07, 6.45) is 1.17. The molecule has 5 heteroatoms. The number of aliphatic hydroxyl groups excluding tert-OH is 1. The van der Waals surface area contributed by atoms with Gasteiger partial charge in [-0.05, 0) is 18.2 Å².